The zero-order valence-electron chi connectivity index (χ0n) is 15.3. The molecule has 0 radical (unpaired) electrons. The van der Waals surface area contributed by atoms with Crippen molar-refractivity contribution in [3.05, 3.63) is 65.7 Å². The van der Waals surface area contributed by atoms with Gasteiger partial charge in [0.2, 0.25) is 5.91 Å². The molecule has 2 rings (SSSR count). The first kappa shape index (κ1) is 20.5. The summed E-state index contributed by atoms with van der Waals surface area (Å²) in [5.41, 5.74) is 1.39. The van der Waals surface area contributed by atoms with Crippen LogP contribution in [0.3, 0.4) is 0 Å². The molecule has 0 spiro atoms. The first-order valence-corrected chi connectivity index (χ1v) is 8.47. The normalized spacial score (nSPS) is 9.75. The number of hydrazone groups is 1. The van der Waals surface area contributed by atoms with Crippen LogP contribution in [0.25, 0.3) is 0 Å². The number of hydrogen-bond donors (Lipinski definition) is 1. The molecule has 1 N–H and O–H groups in total. The van der Waals surface area contributed by atoms with Crippen molar-refractivity contribution >= 4 is 29.6 Å². The zero-order valence-corrected chi connectivity index (χ0v) is 15.3. The van der Waals surface area contributed by atoms with Gasteiger partial charge in [0.15, 0.2) is 0 Å². The Morgan fingerprint density at radius 2 is 1.86 bits per heavy atom. The number of nitrogens with one attached hydrogen (secondary N) is 1. The van der Waals surface area contributed by atoms with Crippen LogP contribution >= 0.6 is 0 Å². The Labute approximate surface area is 161 Å². The van der Waals surface area contributed by atoms with Crippen molar-refractivity contribution in [2.45, 2.75) is 20.0 Å². The van der Waals surface area contributed by atoms with Gasteiger partial charge in [-0.1, -0.05) is 41.5 Å². The van der Waals surface area contributed by atoms with Gasteiger partial charge in [-0.2, -0.15) is 5.01 Å². The van der Waals surface area contributed by atoms with E-state index < -0.39 is 17.8 Å². The number of amides is 2. The Balaban J connectivity index is 1.86. The van der Waals surface area contributed by atoms with E-state index in [-0.39, 0.29) is 30.8 Å². The Morgan fingerprint density at radius 1 is 1.11 bits per heavy atom. The van der Waals surface area contributed by atoms with Gasteiger partial charge < -0.3 is 10.1 Å². The lowest BCUT2D eigenvalue weighted by Crippen LogP contribution is -2.27. The number of carbonyl (C=O) groups is 3. The lowest BCUT2D eigenvalue weighted by Gasteiger charge is -2.13. The molecular formula is C20H19N3O5. The summed E-state index contributed by atoms with van der Waals surface area (Å²) in [4.78, 5) is 46.0. The van der Waals surface area contributed by atoms with E-state index in [0.717, 1.165) is 10.6 Å². The van der Waals surface area contributed by atoms with Gasteiger partial charge in [-0.05, 0) is 23.8 Å². The van der Waals surface area contributed by atoms with E-state index in [4.69, 9.17) is 4.74 Å². The molecule has 0 heterocycles. The van der Waals surface area contributed by atoms with Crippen molar-refractivity contribution in [1.82, 2.24) is 5.32 Å². The van der Waals surface area contributed by atoms with E-state index in [2.05, 4.69) is 10.4 Å². The number of ether oxygens (including phenoxy) is 1. The third-order valence-electron chi connectivity index (χ3n) is 3.65. The Morgan fingerprint density at radius 3 is 2.54 bits per heavy atom. The van der Waals surface area contributed by atoms with Crippen LogP contribution in [0.15, 0.2) is 59.7 Å². The minimum atomic E-state index is -0.498. The van der Waals surface area contributed by atoms with E-state index in [1.54, 1.807) is 6.07 Å². The van der Waals surface area contributed by atoms with Gasteiger partial charge in [-0.25, -0.2) is 4.79 Å². The third-order valence-corrected chi connectivity index (χ3v) is 3.65. The van der Waals surface area contributed by atoms with E-state index in [1.165, 1.54) is 31.2 Å². The van der Waals surface area contributed by atoms with Crippen LogP contribution in [0.1, 0.15) is 29.3 Å². The second-order valence-electron chi connectivity index (χ2n) is 5.72. The number of carbonyl (C=O) groups excluding carboxylic acids is 4. The lowest BCUT2D eigenvalue weighted by atomic mass is 10.2. The largest absolute Gasteiger partial charge is 0.461 e. The quantitative estimate of drug-likeness (QED) is 0.326. The highest BCUT2D eigenvalue weighted by molar-refractivity contribution is 5.97. The smallest absolute Gasteiger partial charge is 0.307 e. The highest BCUT2D eigenvalue weighted by atomic mass is 16.5. The highest BCUT2D eigenvalue weighted by Gasteiger charge is 2.14. The van der Waals surface area contributed by atoms with E-state index in [0.29, 0.717) is 0 Å². The van der Waals surface area contributed by atoms with Crippen LogP contribution in [0.2, 0.25) is 0 Å². The molecule has 0 aliphatic carbocycles. The van der Waals surface area contributed by atoms with Crippen LogP contribution in [0.4, 0.5) is 5.69 Å². The van der Waals surface area contributed by atoms with E-state index in [9.17, 15) is 19.2 Å². The summed E-state index contributed by atoms with van der Waals surface area (Å²) in [5.74, 6) is -1.36. The summed E-state index contributed by atoms with van der Waals surface area (Å²) in [6, 6.07) is 15.3. The molecule has 0 aliphatic rings. The Hall–Kier alpha value is -3.77. The van der Waals surface area contributed by atoms with Crippen molar-refractivity contribution in [3.8, 4) is 0 Å². The topological polar surface area (TPSA) is 105 Å². The minimum absolute atomic E-state index is 0.0211. The molecule has 0 aliphatic heterocycles. The van der Waals surface area contributed by atoms with Gasteiger partial charge in [0.05, 0.1) is 12.1 Å². The average Bonchev–Trinajstić information content (AvgIpc) is 2.71. The SMILES string of the molecule is CC(=O)N(N=C=O)c1cccc(C(=O)NCCC(=O)OCc2ccccc2)c1. The summed E-state index contributed by atoms with van der Waals surface area (Å²) in [5, 5.41) is 6.75. The van der Waals surface area contributed by atoms with E-state index in [1.807, 2.05) is 30.3 Å². The van der Waals surface area contributed by atoms with Crippen molar-refractivity contribution < 1.29 is 23.9 Å². The van der Waals surface area contributed by atoms with Gasteiger partial charge in [0, 0.05) is 19.0 Å². The number of anilines is 1. The fraction of sp³-hybridized carbons (Fsp3) is 0.200. The van der Waals surface area contributed by atoms with Crippen molar-refractivity contribution in [3.63, 3.8) is 0 Å². The molecule has 8 heteroatoms. The van der Waals surface area contributed by atoms with Gasteiger partial charge in [0.1, 0.15) is 6.61 Å². The number of esters is 1. The minimum Gasteiger partial charge on any atom is -0.461 e. The molecule has 8 nitrogen and oxygen atoms in total. The molecule has 0 fully saturated rings. The molecule has 2 aromatic carbocycles. The average molecular weight is 381 g/mol. The summed E-state index contributed by atoms with van der Waals surface area (Å²) in [7, 11) is 0. The van der Waals surface area contributed by atoms with Crippen molar-refractivity contribution in [1.29, 1.82) is 0 Å². The molecule has 0 bridgehead atoms. The van der Waals surface area contributed by atoms with Crippen molar-refractivity contribution in [2.24, 2.45) is 5.10 Å². The molecule has 2 amide bonds. The first-order chi connectivity index (χ1) is 13.5. The third kappa shape index (κ3) is 6.19. The zero-order chi connectivity index (χ0) is 20.4. The van der Waals surface area contributed by atoms with Gasteiger partial charge in [0.25, 0.3) is 12.0 Å². The first-order valence-electron chi connectivity index (χ1n) is 8.47. The summed E-state index contributed by atoms with van der Waals surface area (Å²) < 4.78 is 5.14. The molecule has 0 saturated heterocycles. The summed E-state index contributed by atoms with van der Waals surface area (Å²) >= 11 is 0. The molecule has 0 unspecified atom stereocenters. The van der Waals surface area contributed by atoms with Crippen LogP contribution in [-0.2, 0) is 25.7 Å². The van der Waals surface area contributed by atoms with Gasteiger partial charge >= 0.3 is 5.97 Å². The fourth-order valence-electron chi connectivity index (χ4n) is 2.32. The van der Waals surface area contributed by atoms with Crippen LogP contribution in [-0.4, -0.2) is 30.4 Å². The molecule has 0 aromatic heterocycles. The second-order valence-corrected chi connectivity index (χ2v) is 5.72. The summed E-state index contributed by atoms with van der Waals surface area (Å²) in [6.07, 6.45) is 1.32. The van der Waals surface area contributed by atoms with Crippen molar-refractivity contribution in [2.75, 3.05) is 11.6 Å². The maximum atomic E-state index is 12.2. The van der Waals surface area contributed by atoms with Crippen LogP contribution in [0.5, 0.6) is 0 Å². The van der Waals surface area contributed by atoms with Crippen LogP contribution in [0, 0.1) is 0 Å². The monoisotopic (exact) mass is 381 g/mol. The molecule has 144 valence electrons. The predicted molar refractivity (Wildman–Crippen MR) is 101 cm³/mol. The second kappa shape index (κ2) is 10.4. The molecule has 0 atom stereocenters. The molecule has 0 saturated carbocycles. The van der Waals surface area contributed by atoms with Gasteiger partial charge in [-0.15, -0.1) is 0 Å². The number of nitrogens with zero attached hydrogens (tertiary/aromatic N) is 2. The fourth-order valence-corrected chi connectivity index (χ4v) is 2.32. The molecular weight excluding hydrogens is 362 g/mol. The van der Waals surface area contributed by atoms with Crippen LogP contribution < -0.4 is 10.3 Å². The maximum Gasteiger partial charge on any atom is 0.307 e. The Bertz CT molecular complexity index is 890. The molecule has 2 aromatic rings. The summed E-state index contributed by atoms with van der Waals surface area (Å²) in [6.45, 7) is 1.50. The van der Waals surface area contributed by atoms with Gasteiger partial charge in [-0.3, -0.25) is 14.4 Å². The Kier molecular flexibility index (Phi) is 7.63. The standard InChI is InChI=1S/C20H19N3O5/c1-15(25)23(22-14-24)18-9-5-8-17(12-18)20(27)21-11-10-19(26)28-13-16-6-3-2-4-7-16/h2-9,12H,10-11,13H2,1H3,(H,21,27). The molecule has 28 heavy (non-hydrogen) atoms. The number of benzene rings is 2. The highest BCUT2D eigenvalue weighted by Crippen LogP contribution is 2.17. The lowest BCUT2D eigenvalue weighted by molar-refractivity contribution is -0.144. The number of rotatable bonds is 8. The predicted octanol–water partition coefficient (Wildman–Crippen LogP) is 2.15. The van der Waals surface area contributed by atoms with E-state index >= 15 is 0 Å². The number of isocyanates is 1. The maximum absolute atomic E-state index is 12.2. The number of hydrogen-bond acceptors (Lipinski definition) is 6.